The highest BCUT2D eigenvalue weighted by atomic mass is 32.1. The second-order valence-corrected chi connectivity index (χ2v) is 8.25. The van der Waals surface area contributed by atoms with Crippen molar-refractivity contribution in [3.8, 4) is 11.4 Å². The molecule has 4 aromatic rings. The molecule has 10 heteroatoms. The fourth-order valence-electron chi connectivity index (χ4n) is 3.30. The van der Waals surface area contributed by atoms with E-state index in [2.05, 4.69) is 25.8 Å². The van der Waals surface area contributed by atoms with Crippen molar-refractivity contribution in [1.29, 1.82) is 0 Å². The first-order valence-electron chi connectivity index (χ1n) is 10.1. The van der Waals surface area contributed by atoms with Gasteiger partial charge in [0.15, 0.2) is 16.6 Å². The molecular weight excluding hydrogens is 428 g/mol. The third-order valence-corrected chi connectivity index (χ3v) is 5.96. The normalized spacial score (nSPS) is 12.9. The van der Waals surface area contributed by atoms with Crippen molar-refractivity contribution in [1.82, 2.24) is 24.9 Å². The zero-order valence-electron chi connectivity index (χ0n) is 17.5. The lowest BCUT2D eigenvalue weighted by Gasteiger charge is -2.20. The molecule has 0 spiro atoms. The Bertz CT molecular complexity index is 1240. The molecule has 0 bridgehead atoms. The molecular formula is C22H22N6O3S. The number of fused-ring (bicyclic) bond motifs is 1. The van der Waals surface area contributed by atoms with Gasteiger partial charge in [-0.1, -0.05) is 20.3 Å². The number of hydrogen-bond acceptors (Lipinski definition) is 7. The highest BCUT2D eigenvalue weighted by Crippen LogP contribution is 2.24. The number of nitrogens with zero attached hydrogens (tertiary/aromatic N) is 4. The van der Waals surface area contributed by atoms with Gasteiger partial charge in [0.1, 0.15) is 6.04 Å². The molecule has 0 aliphatic rings. The Labute approximate surface area is 188 Å². The van der Waals surface area contributed by atoms with Gasteiger partial charge in [-0.05, 0) is 42.3 Å². The summed E-state index contributed by atoms with van der Waals surface area (Å²) < 4.78 is 1.72. The van der Waals surface area contributed by atoms with Gasteiger partial charge in [-0.15, -0.1) is 21.5 Å². The number of nitrogens with one attached hydrogen (secondary N) is 2. The molecule has 0 aliphatic heterocycles. The minimum absolute atomic E-state index is 0.207. The van der Waals surface area contributed by atoms with Crippen LogP contribution >= 0.6 is 11.3 Å². The summed E-state index contributed by atoms with van der Waals surface area (Å²) in [7, 11) is 0. The zero-order valence-corrected chi connectivity index (χ0v) is 18.3. The highest BCUT2D eigenvalue weighted by Gasteiger charge is 2.27. The number of amides is 1. The topological polar surface area (TPSA) is 122 Å². The number of anilines is 2. The average molecular weight is 451 g/mol. The molecule has 0 unspecified atom stereocenters. The number of aliphatic carboxylic acids is 1. The number of carbonyl (C=O) groups excluding carboxylic acids is 1. The van der Waals surface area contributed by atoms with Gasteiger partial charge in [-0.3, -0.25) is 9.20 Å². The minimum atomic E-state index is -1.06. The van der Waals surface area contributed by atoms with Crippen LogP contribution in [-0.4, -0.2) is 42.6 Å². The van der Waals surface area contributed by atoms with Crippen LogP contribution in [0.2, 0.25) is 0 Å². The van der Waals surface area contributed by atoms with Crippen LogP contribution in [0.5, 0.6) is 0 Å². The molecule has 3 heterocycles. The van der Waals surface area contributed by atoms with E-state index >= 15 is 0 Å². The van der Waals surface area contributed by atoms with E-state index in [1.807, 2.05) is 36.6 Å². The smallest absolute Gasteiger partial charge is 0.326 e. The average Bonchev–Trinajstić information content (AvgIpc) is 3.47. The lowest BCUT2D eigenvalue weighted by Crippen LogP contribution is -2.45. The van der Waals surface area contributed by atoms with E-state index in [0.29, 0.717) is 17.9 Å². The molecule has 0 saturated carbocycles. The number of rotatable bonds is 8. The van der Waals surface area contributed by atoms with E-state index in [1.54, 1.807) is 35.9 Å². The number of carboxylic acids is 1. The Hall–Kier alpha value is -3.79. The highest BCUT2D eigenvalue weighted by molar-refractivity contribution is 7.13. The number of thiazole rings is 1. The van der Waals surface area contributed by atoms with Crippen molar-refractivity contribution >= 4 is 39.7 Å². The van der Waals surface area contributed by atoms with E-state index < -0.39 is 17.9 Å². The predicted octanol–water partition coefficient (Wildman–Crippen LogP) is 3.83. The van der Waals surface area contributed by atoms with Crippen molar-refractivity contribution in [3.05, 3.63) is 59.7 Å². The molecule has 0 fully saturated rings. The molecule has 9 nitrogen and oxygen atoms in total. The second-order valence-electron chi connectivity index (χ2n) is 7.35. The summed E-state index contributed by atoms with van der Waals surface area (Å²) in [5.41, 5.74) is 2.34. The summed E-state index contributed by atoms with van der Waals surface area (Å²) in [6, 6.07) is 9.99. The standard InChI is InChI=1S/C22H22N6O3S/c1-3-13(2)17(21(30)31)25-20(29)16-5-4-11-28-18(26-27-19(16)28)14-6-8-15(9-7-14)24-22-23-10-12-32-22/h4-13,17H,3H2,1-2H3,(H,23,24)(H,25,29)(H,30,31)/t13-,17-/m0/s1. The number of carboxylic acid groups (broad SMARTS) is 1. The van der Waals surface area contributed by atoms with Gasteiger partial charge in [0, 0.05) is 29.0 Å². The van der Waals surface area contributed by atoms with Crippen molar-refractivity contribution in [3.63, 3.8) is 0 Å². The molecule has 164 valence electrons. The first kappa shape index (κ1) is 21.4. The van der Waals surface area contributed by atoms with E-state index in [1.165, 1.54) is 11.3 Å². The molecule has 32 heavy (non-hydrogen) atoms. The molecule has 2 atom stereocenters. The SMILES string of the molecule is CC[C@H](C)[C@H](NC(=O)c1cccn2c(-c3ccc(Nc4nccs4)cc3)nnc12)C(=O)O. The summed E-state index contributed by atoms with van der Waals surface area (Å²) in [5.74, 6) is -1.19. The van der Waals surface area contributed by atoms with Gasteiger partial charge in [-0.25, -0.2) is 9.78 Å². The van der Waals surface area contributed by atoms with E-state index in [9.17, 15) is 14.7 Å². The van der Waals surface area contributed by atoms with Crippen molar-refractivity contribution in [2.45, 2.75) is 26.3 Å². The van der Waals surface area contributed by atoms with Crippen LogP contribution in [-0.2, 0) is 4.79 Å². The van der Waals surface area contributed by atoms with Gasteiger partial charge in [0.05, 0.1) is 5.56 Å². The molecule has 0 aliphatic carbocycles. The van der Waals surface area contributed by atoms with Crippen LogP contribution in [0.25, 0.3) is 17.0 Å². The van der Waals surface area contributed by atoms with E-state index in [0.717, 1.165) is 16.4 Å². The van der Waals surface area contributed by atoms with Gasteiger partial charge >= 0.3 is 5.97 Å². The maximum atomic E-state index is 12.9. The lowest BCUT2D eigenvalue weighted by atomic mass is 9.99. The van der Waals surface area contributed by atoms with Crippen LogP contribution in [0.4, 0.5) is 10.8 Å². The Morgan fingerprint density at radius 2 is 1.97 bits per heavy atom. The van der Waals surface area contributed by atoms with Crippen molar-refractivity contribution in [2.24, 2.45) is 5.92 Å². The Balaban J connectivity index is 1.60. The summed E-state index contributed by atoms with van der Waals surface area (Å²) in [4.78, 5) is 28.7. The number of aromatic nitrogens is 4. The van der Waals surface area contributed by atoms with Crippen LogP contribution in [0, 0.1) is 5.92 Å². The molecule has 3 N–H and O–H groups in total. The largest absolute Gasteiger partial charge is 0.480 e. The summed E-state index contributed by atoms with van der Waals surface area (Å²) >= 11 is 1.51. The third-order valence-electron chi connectivity index (χ3n) is 5.27. The summed E-state index contributed by atoms with van der Waals surface area (Å²) in [5, 5.41) is 26.5. The molecule has 1 amide bonds. The van der Waals surface area contributed by atoms with Crippen LogP contribution in [0.1, 0.15) is 30.6 Å². The van der Waals surface area contributed by atoms with Gasteiger partial charge in [0.2, 0.25) is 0 Å². The number of hydrogen-bond donors (Lipinski definition) is 3. The molecule has 0 saturated heterocycles. The number of pyridine rings is 1. The first-order valence-corrected chi connectivity index (χ1v) is 11.0. The molecule has 0 radical (unpaired) electrons. The molecule has 3 aromatic heterocycles. The van der Waals surface area contributed by atoms with Gasteiger partial charge in [-0.2, -0.15) is 0 Å². The number of benzene rings is 1. The van der Waals surface area contributed by atoms with Crippen molar-refractivity contribution in [2.75, 3.05) is 5.32 Å². The van der Waals surface area contributed by atoms with Crippen molar-refractivity contribution < 1.29 is 14.7 Å². The second kappa shape index (κ2) is 9.15. The molecule has 4 rings (SSSR count). The summed E-state index contributed by atoms with van der Waals surface area (Å²) in [6.45, 7) is 3.68. The first-order chi connectivity index (χ1) is 15.5. The maximum absolute atomic E-state index is 12.9. The van der Waals surface area contributed by atoms with E-state index in [4.69, 9.17) is 0 Å². The zero-order chi connectivity index (χ0) is 22.7. The Kier molecular flexibility index (Phi) is 6.13. The third kappa shape index (κ3) is 4.30. The van der Waals surface area contributed by atoms with Gasteiger partial charge in [0.25, 0.3) is 5.91 Å². The number of carbonyl (C=O) groups is 2. The Morgan fingerprint density at radius 1 is 1.19 bits per heavy atom. The lowest BCUT2D eigenvalue weighted by molar-refractivity contribution is -0.140. The fraction of sp³-hybridized carbons (Fsp3) is 0.227. The monoisotopic (exact) mass is 450 g/mol. The Morgan fingerprint density at radius 3 is 2.62 bits per heavy atom. The van der Waals surface area contributed by atoms with Crippen LogP contribution in [0.15, 0.2) is 54.2 Å². The predicted molar refractivity (Wildman–Crippen MR) is 122 cm³/mol. The molecule has 1 aromatic carbocycles. The minimum Gasteiger partial charge on any atom is -0.480 e. The van der Waals surface area contributed by atoms with Crippen LogP contribution < -0.4 is 10.6 Å². The maximum Gasteiger partial charge on any atom is 0.326 e. The van der Waals surface area contributed by atoms with Gasteiger partial charge < -0.3 is 15.7 Å². The van der Waals surface area contributed by atoms with E-state index in [-0.39, 0.29) is 11.5 Å². The fourth-order valence-corrected chi connectivity index (χ4v) is 3.85. The summed E-state index contributed by atoms with van der Waals surface area (Å²) in [6.07, 6.45) is 4.13. The van der Waals surface area contributed by atoms with Crippen LogP contribution in [0.3, 0.4) is 0 Å². The quantitative estimate of drug-likeness (QED) is 0.373.